The smallest absolute Gasteiger partial charge is 0.357 e. The van der Waals surface area contributed by atoms with E-state index < -0.39 is 12.6 Å². The van der Waals surface area contributed by atoms with E-state index >= 15 is 0 Å². The fourth-order valence-electron chi connectivity index (χ4n) is 2.98. The van der Waals surface area contributed by atoms with Crippen LogP contribution in [-0.2, 0) is 14.3 Å². The minimum absolute atomic E-state index is 0.0831. The molecular formula is C24H25N5O4. The van der Waals surface area contributed by atoms with Gasteiger partial charge in [-0.1, -0.05) is 44.2 Å². The highest BCUT2D eigenvalue weighted by Gasteiger charge is 2.19. The molecule has 33 heavy (non-hydrogen) atoms. The molecule has 0 aliphatic carbocycles. The van der Waals surface area contributed by atoms with E-state index in [1.54, 1.807) is 37.3 Å². The molecule has 0 radical (unpaired) electrons. The first kappa shape index (κ1) is 23.5. The fraction of sp³-hybridized carbons (Fsp3) is 0.250. The molecule has 0 fully saturated rings. The molecule has 0 aliphatic heterocycles. The molecule has 1 amide bonds. The quantitative estimate of drug-likeness (QED) is 0.304. The number of nitrogens with one attached hydrogen (secondary N) is 1. The number of aromatic nitrogens is 4. The zero-order valence-corrected chi connectivity index (χ0v) is 18.7. The summed E-state index contributed by atoms with van der Waals surface area (Å²) in [5.41, 5.74) is 1.79. The van der Waals surface area contributed by atoms with Gasteiger partial charge < -0.3 is 10.1 Å². The first-order chi connectivity index (χ1) is 15.8. The zero-order chi connectivity index (χ0) is 23.8. The van der Waals surface area contributed by atoms with Crippen LogP contribution < -0.4 is 5.32 Å². The first-order valence-corrected chi connectivity index (χ1v) is 10.5. The summed E-state index contributed by atoms with van der Waals surface area (Å²) in [4.78, 5) is 37.2. The molecule has 170 valence electrons. The lowest BCUT2D eigenvalue weighted by Crippen LogP contribution is -2.19. The summed E-state index contributed by atoms with van der Waals surface area (Å²) in [6.45, 7) is 5.12. The monoisotopic (exact) mass is 447 g/mol. The summed E-state index contributed by atoms with van der Waals surface area (Å²) < 4.78 is 6.53. The standard InChI is InChI=1S/C24H25N5O4/c1-16(2)13-23(31)25-20-11-9-19(10-12-20)22(30)15-33-24(32)21(29-17(3)26-27-28-29)14-18-7-5-4-6-8-18/h4-12,14,16H,13,15H2,1-3H3,(H,25,31). The molecule has 3 rings (SSSR count). The molecule has 0 saturated heterocycles. The van der Waals surface area contributed by atoms with Gasteiger partial charge >= 0.3 is 5.97 Å². The van der Waals surface area contributed by atoms with Gasteiger partial charge in [-0.15, -0.1) is 5.10 Å². The summed E-state index contributed by atoms with van der Waals surface area (Å²) in [6, 6.07) is 15.6. The number of ether oxygens (including phenoxy) is 1. The van der Waals surface area contributed by atoms with Crippen LogP contribution in [-0.4, -0.2) is 44.5 Å². The molecule has 0 aliphatic rings. The van der Waals surface area contributed by atoms with E-state index in [9.17, 15) is 14.4 Å². The van der Waals surface area contributed by atoms with Crippen molar-refractivity contribution in [1.29, 1.82) is 0 Å². The Kier molecular flexibility index (Phi) is 7.80. The largest absolute Gasteiger partial charge is 0.453 e. The number of esters is 1. The molecule has 0 atom stereocenters. The Bertz CT molecular complexity index is 1150. The van der Waals surface area contributed by atoms with Gasteiger partial charge in [-0.05, 0) is 59.2 Å². The number of anilines is 1. The third-order valence-electron chi connectivity index (χ3n) is 4.58. The van der Waals surface area contributed by atoms with Gasteiger partial charge in [0.1, 0.15) is 0 Å². The van der Waals surface area contributed by atoms with Crippen LogP contribution in [0.1, 0.15) is 42.0 Å². The molecular weight excluding hydrogens is 422 g/mol. The number of benzene rings is 2. The van der Waals surface area contributed by atoms with Crippen molar-refractivity contribution in [1.82, 2.24) is 20.2 Å². The van der Waals surface area contributed by atoms with Crippen LogP contribution in [0, 0.1) is 12.8 Å². The second kappa shape index (κ2) is 10.9. The second-order valence-corrected chi connectivity index (χ2v) is 7.80. The van der Waals surface area contributed by atoms with E-state index in [2.05, 4.69) is 20.8 Å². The van der Waals surface area contributed by atoms with Crippen LogP contribution in [0.3, 0.4) is 0 Å². The lowest BCUT2D eigenvalue weighted by Gasteiger charge is -2.10. The maximum absolute atomic E-state index is 12.8. The van der Waals surface area contributed by atoms with Gasteiger partial charge in [0, 0.05) is 17.7 Å². The van der Waals surface area contributed by atoms with E-state index in [1.807, 2.05) is 44.2 Å². The Morgan fingerprint density at radius 3 is 2.36 bits per heavy atom. The number of carbonyl (C=O) groups is 3. The van der Waals surface area contributed by atoms with E-state index in [-0.39, 0.29) is 23.3 Å². The van der Waals surface area contributed by atoms with Crippen molar-refractivity contribution < 1.29 is 19.1 Å². The SMILES string of the molecule is Cc1nnnn1C(=Cc1ccccc1)C(=O)OCC(=O)c1ccc(NC(=O)CC(C)C)cc1. The van der Waals surface area contributed by atoms with Gasteiger partial charge in [0.15, 0.2) is 23.9 Å². The maximum Gasteiger partial charge on any atom is 0.357 e. The number of tetrazole rings is 1. The number of ketones is 1. The Labute approximate surface area is 191 Å². The molecule has 0 unspecified atom stereocenters. The molecule has 3 aromatic rings. The van der Waals surface area contributed by atoms with Crippen molar-refractivity contribution >= 4 is 35.1 Å². The van der Waals surface area contributed by atoms with Gasteiger partial charge in [-0.2, -0.15) is 4.68 Å². The van der Waals surface area contributed by atoms with Gasteiger partial charge in [0.25, 0.3) is 0 Å². The molecule has 9 nitrogen and oxygen atoms in total. The van der Waals surface area contributed by atoms with Crippen LogP contribution in [0.5, 0.6) is 0 Å². The average molecular weight is 447 g/mol. The number of hydrogen-bond donors (Lipinski definition) is 1. The Balaban J connectivity index is 1.66. The molecule has 9 heteroatoms. The van der Waals surface area contributed by atoms with Crippen LogP contribution in [0.15, 0.2) is 54.6 Å². The lowest BCUT2D eigenvalue weighted by atomic mass is 10.1. The van der Waals surface area contributed by atoms with Crippen LogP contribution >= 0.6 is 0 Å². The molecule has 0 saturated carbocycles. The number of rotatable bonds is 9. The summed E-state index contributed by atoms with van der Waals surface area (Å²) >= 11 is 0. The summed E-state index contributed by atoms with van der Waals surface area (Å²) in [6.07, 6.45) is 2.00. The first-order valence-electron chi connectivity index (χ1n) is 10.5. The third-order valence-corrected chi connectivity index (χ3v) is 4.58. The topological polar surface area (TPSA) is 116 Å². The van der Waals surface area contributed by atoms with E-state index in [4.69, 9.17) is 4.74 Å². The summed E-state index contributed by atoms with van der Waals surface area (Å²) in [5, 5.41) is 14.0. The van der Waals surface area contributed by atoms with E-state index in [0.29, 0.717) is 23.5 Å². The number of aryl methyl sites for hydroxylation is 1. The van der Waals surface area contributed by atoms with Crippen molar-refractivity contribution in [3.05, 3.63) is 71.5 Å². The zero-order valence-electron chi connectivity index (χ0n) is 18.7. The highest BCUT2D eigenvalue weighted by Crippen LogP contribution is 2.15. The molecule has 1 N–H and O–H groups in total. The fourth-order valence-corrected chi connectivity index (χ4v) is 2.98. The molecule has 2 aromatic carbocycles. The predicted molar refractivity (Wildman–Crippen MR) is 123 cm³/mol. The Hall–Kier alpha value is -4.14. The maximum atomic E-state index is 12.8. The van der Waals surface area contributed by atoms with Crippen molar-refractivity contribution in [3.8, 4) is 0 Å². The minimum Gasteiger partial charge on any atom is -0.453 e. The normalized spacial score (nSPS) is 11.3. The predicted octanol–water partition coefficient (Wildman–Crippen LogP) is 3.39. The lowest BCUT2D eigenvalue weighted by molar-refractivity contribution is -0.136. The summed E-state index contributed by atoms with van der Waals surface area (Å²) in [7, 11) is 0. The molecule has 1 heterocycles. The van der Waals surface area contributed by atoms with Crippen LogP contribution in [0.25, 0.3) is 11.8 Å². The minimum atomic E-state index is -0.736. The average Bonchev–Trinajstić information content (AvgIpc) is 3.21. The number of hydrogen-bond acceptors (Lipinski definition) is 7. The Morgan fingerprint density at radius 2 is 1.76 bits per heavy atom. The van der Waals surface area contributed by atoms with Crippen molar-refractivity contribution in [2.24, 2.45) is 5.92 Å². The third kappa shape index (κ3) is 6.67. The Morgan fingerprint density at radius 1 is 1.06 bits per heavy atom. The van der Waals surface area contributed by atoms with Crippen LogP contribution in [0.4, 0.5) is 5.69 Å². The number of Topliss-reactive ketones (excluding diaryl/α,β-unsaturated/α-hetero) is 1. The van der Waals surface area contributed by atoms with Crippen molar-refractivity contribution in [2.75, 3.05) is 11.9 Å². The molecule has 0 bridgehead atoms. The number of amides is 1. The van der Waals surface area contributed by atoms with Gasteiger partial charge in [-0.25, -0.2) is 4.79 Å². The highest BCUT2D eigenvalue weighted by atomic mass is 16.5. The number of nitrogens with zero attached hydrogens (tertiary/aromatic N) is 4. The van der Waals surface area contributed by atoms with Gasteiger partial charge in [-0.3, -0.25) is 9.59 Å². The highest BCUT2D eigenvalue weighted by molar-refractivity contribution is 6.16. The van der Waals surface area contributed by atoms with E-state index in [1.165, 1.54) is 4.68 Å². The van der Waals surface area contributed by atoms with Crippen molar-refractivity contribution in [2.45, 2.75) is 27.2 Å². The van der Waals surface area contributed by atoms with Gasteiger partial charge in [0.2, 0.25) is 5.91 Å². The van der Waals surface area contributed by atoms with Crippen LogP contribution in [0.2, 0.25) is 0 Å². The molecule has 1 aromatic heterocycles. The van der Waals surface area contributed by atoms with E-state index in [0.717, 1.165) is 5.56 Å². The number of carbonyl (C=O) groups excluding carboxylic acids is 3. The summed E-state index contributed by atoms with van der Waals surface area (Å²) in [5.74, 6) is -0.557. The second-order valence-electron chi connectivity index (χ2n) is 7.80. The van der Waals surface area contributed by atoms with Crippen molar-refractivity contribution in [3.63, 3.8) is 0 Å². The van der Waals surface area contributed by atoms with Gasteiger partial charge in [0.05, 0.1) is 0 Å². The molecule has 0 spiro atoms.